The highest BCUT2D eigenvalue weighted by Crippen LogP contribution is 2.45. The number of thiophene rings is 1. The summed E-state index contributed by atoms with van der Waals surface area (Å²) < 4.78 is 1.16. The van der Waals surface area contributed by atoms with Crippen LogP contribution in [0.15, 0.2) is 42.7 Å². The molecule has 1 amide bonds. The fourth-order valence-electron chi connectivity index (χ4n) is 6.32. The zero-order valence-electron chi connectivity index (χ0n) is 21.3. The van der Waals surface area contributed by atoms with Gasteiger partial charge < -0.3 is 21.3 Å². The first-order chi connectivity index (χ1) is 18.7. The van der Waals surface area contributed by atoms with Gasteiger partial charge in [0.05, 0.1) is 10.2 Å². The Morgan fingerprint density at radius 3 is 2.71 bits per heavy atom. The van der Waals surface area contributed by atoms with Gasteiger partial charge in [0.25, 0.3) is 0 Å². The van der Waals surface area contributed by atoms with Gasteiger partial charge in [-0.15, -0.1) is 22.7 Å². The molecule has 4 N–H and O–H groups in total. The number of nitrogens with one attached hydrogen (secondary N) is 4. The van der Waals surface area contributed by atoms with E-state index in [0.29, 0.717) is 12.5 Å². The van der Waals surface area contributed by atoms with E-state index in [9.17, 15) is 4.79 Å². The first-order valence-corrected chi connectivity index (χ1v) is 15.2. The van der Waals surface area contributed by atoms with Crippen molar-refractivity contribution in [3.05, 3.63) is 53.2 Å². The predicted molar refractivity (Wildman–Crippen MR) is 156 cm³/mol. The topological polar surface area (TPSA) is 91.0 Å². The molecule has 2 aliphatic heterocycles. The summed E-state index contributed by atoms with van der Waals surface area (Å²) in [7, 11) is 0. The molecular formula is C29H32N6OS2. The van der Waals surface area contributed by atoms with E-state index < -0.39 is 0 Å². The van der Waals surface area contributed by atoms with Crippen LogP contribution in [-0.4, -0.2) is 48.1 Å². The highest BCUT2D eigenvalue weighted by atomic mass is 32.1. The second kappa shape index (κ2) is 10.5. The molecule has 1 saturated carbocycles. The second-order valence-electron chi connectivity index (χ2n) is 10.7. The fourth-order valence-corrected chi connectivity index (χ4v) is 8.64. The van der Waals surface area contributed by atoms with E-state index in [0.717, 1.165) is 87.9 Å². The van der Waals surface area contributed by atoms with Crippen LogP contribution in [0.25, 0.3) is 31.9 Å². The maximum Gasteiger partial charge on any atom is 0.226 e. The SMILES string of the molecule is O=C(CCN[C@H]1C[C@H]2CNC[C@H]2C1)Nc1sc2c(c1-c1nc3cc(-c4ccncc4)ccc3s1)CCNC2. The number of hydrogen-bond acceptors (Lipinski definition) is 8. The third-order valence-corrected chi connectivity index (χ3v) is 10.4. The van der Waals surface area contributed by atoms with Gasteiger partial charge in [0, 0.05) is 48.4 Å². The van der Waals surface area contributed by atoms with E-state index in [1.807, 2.05) is 24.5 Å². The Balaban J connectivity index is 1.10. The van der Waals surface area contributed by atoms with Gasteiger partial charge in [-0.2, -0.15) is 0 Å². The van der Waals surface area contributed by atoms with Crippen LogP contribution < -0.4 is 21.3 Å². The largest absolute Gasteiger partial charge is 0.317 e. The van der Waals surface area contributed by atoms with Crippen molar-refractivity contribution < 1.29 is 4.79 Å². The molecule has 3 aliphatic rings. The summed E-state index contributed by atoms with van der Waals surface area (Å²) in [4.78, 5) is 23.6. The molecule has 0 radical (unpaired) electrons. The zero-order valence-corrected chi connectivity index (χ0v) is 22.9. The lowest BCUT2D eigenvalue weighted by Crippen LogP contribution is -2.31. The van der Waals surface area contributed by atoms with E-state index in [-0.39, 0.29) is 5.91 Å². The second-order valence-corrected chi connectivity index (χ2v) is 12.8. The predicted octanol–water partition coefficient (Wildman–Crippen LogP) is 4.65. The van der Waals surface area contributed by atoms with E-state index in [2.05, 4.69) is 44.5 Å². The molecule has 7 nitrogen and oxygen atoms in total. The van der Waals surface area contributed by atoms with E-state index in [4.69, 9.17) is 4.98 Å². The number of nitrogens with zero attached hydrogens (tertiary/aromatic N) is 2. The van der Waals surface area contributed by atoms with Crippen LogP contribution in [-0.2, 0) is 17.8 Å². The van der Waals surface area contributed by atoms with Crippen LogP contribution in [0.4, 0.5) is 5.00 Å². The van der Waals surface area contributed by atoms with Gasteiger partial charge in [0.15, 0.2) is 0 Å². The van der Waals surface area contributed by atoms with Gasteiger partial charge in [-0.3, -0.25) is 9.78 Å². The number of anilines is 1. The number of thiazole rings is 1. The van der Waals surface area contributed by atoms with Crippen molar-refractivity contribution >= 4 is 43.8 Å². The number of hydrogen-bond donors (Lipinski definition) is 4. The molecule has 0 unspecified atom stereocenters. The molecule has 0 spiro atoms. The quantitative estimate of drug-likeness (QED) is 0.271. The van der Waals surface area contributed by atoms with Crippen molar-refractivity contribution in [3.63, 3.8) is 0 Å². The van der Waals surface area contributed by atoms with E-state index in [1.165, 1.54) is 23.3 Å². The first kappa shape index (κ1) is 24.4. The zero-order chi connectivity index (χ0) is 25.5. The lowest BCUT2D eigenvalue weighted by molar-refractivity contribution is -0.116. The van der Waals surface area contributed by atoms with Crippen LogP contribution in [0.2, 0.25) is 0 Å². The Bertz CT molecular complexity index is 1450. The Hall–Kier alpha value is -2.69. The lowest BCUT2D eigenvalue weighted by Gasteiger charge is -2.14. The molecule has 1 saturated heterocycles. The number of aromatic nitrogens is 2. The summed E-state index contributed by atoms with van der Waals surface area (Å²) in [6, 6.07) is 11.1. The van der Waals surface area contributed by atoms with E-state index in [1.54, 1.807) is 22.7 Å². The van der Waals surface area contributed by atoms with E-state index >= 15 is 0 Å². The molecule has 4 aromatic rings. The minimum atomic E-state index is 0.0752. The average molecular weight is 545 g/mol. The summed E-state index contributed by atoms with van der Waals surface area (Å²) in [6.07, 6.45) is 7.54. The summed E-state index contributed by atoms with van der Waals surface area (Å²) in [6.45, 7) is 4.83. The Morgan fingerprint density at radius 1 is 1.03 bits per heavy atom. The number of rotatable bonds is 7. The summed E-state index contributed by atoms with van der Waals surface area (Å²) >= 11 is 3.41. The van der Waals surface area contributed by atoms with Crippen molar-refractivity contribution in [2.24, 2.45) is 11.8 Å². The maximum absolute atomic E-state index is 13.1. The van der Waals surface area contributed by atoms with Gasteiger partial charge in [-0.25, -0.2) is 4.98 Å². The molecule has 3 atom stereocenters. The third kappa shape index (κ3) is 4.78. The molecular weight excluding hydrogens is 512 g/mol. The monoisotopic (exact) mass is 544 g/mol. The van der Waals surface area contributed by atoms with Gasteiger partial charge >= 0.3 is 0 Å². The van der Waals surface area contributed by atoms with Crippen LogP contribution >= 0.6 is 22.7 Å². The minimum absolute atomic E-state index is 0.0752. The average Bonchev–Trinajstić information content (AvgIpc) is 3.70. The van der Waals surface area contributed by atoms with Gasteiger partial charge in [-0.05, 0) is 91.7 Å². The number of amides is 1. The molecule has 7 rings (SSSR count). The van der Waals surface area contributed by atoms with Crippen molar-refractivity contribution in [2.45, 2.75) is 38.3 Å². The number of fused-ring (bicyclic) bond motifs is 3. The molecule has 5 heterocycles. The summed E-state index contributed by atoms with van der Waals surface area (Å²) in [5.41, 5.74) is 5.72. The molecule has 1 aromatic carbocycles. The Morgan fingerprint density at radius 2 is 1.87 bits per heavy atom. The first-order valence-electron chi connectivity index (χ1n) is 13.6. The summed E-state index contributed by atoms with van der Waals surface area (Å²) in [5, 5.41) is 15.8. The fraction of sp³-hybridized carbons (Fsp3) is 0.414. The maximum atomic E-state index is 13.1. The van der Waals surface area contributed by atoms with Crippen molar-refractivity contribution in [2.75, 3.05) is 31.5 Å². The molecule has 3 aromatic heterocycles. The van der Waals surface area contributed by atoms with Gasteiger partial charge in [0.1, 0.15) is 10.0 Å². The minimum Gasteiger partial charge on any atom is -0.317 e. The molecule has 0 bridgehead atoms. The molecule has 196 valence electrons. The molecule has 2 fully saturated rings. The normalized spacial score (nSPS) is 22.5. The molecule has 1 aliphatic carbocycles. The van der Waals surface area contributed by atoms with Gasteiger partial charge in [0.2, 0.25) is 5.91 Å². The van der Waals surface area contributed by atoms with Crippen LogP contribution in [0.5, 0.6) is 0 Å². The smallest absolute Gasteiger partial charge is 0.226 e. The Kier molecular flexibility index (Phi) is 6.71. The number of benzene rings is 1. The number of carbonyl (C=O) groups is 1. The third-order valence-electron chi connectivity index (χ3n) is 8.24. The van der Waals surface area contributed by atoms with Gasteiger partial charge in [-0.1, -0.05) is 6.07 Å². The standard InChI is InChI=1S/C29H32N6OS2/c36-26(6-10-33-21-11-19-14-32-15-20(19)12-21)35-29-27(22-5-9-31-16-25(22)38-29)28-34-23-13-18(1-2-24(23)37-28)17-3-7-30-8-4-17/h1-4,7-8,13,19-21,31-33H,5-6,9-12,14-16H2,(H,35,36)/t19-,20+,21-. The highest BCUT2D eigenvalue weighted by molar-refractivity contribution is 7.23. The molecule has 38 heavy (non-hydrogen) atoms. The molecule has 9 heteroatoms. The van der Waals surface area contributed by atoms with Crippen LogP contribution in [0.1, 0.15) is 29.7 Å². The van der Waals surface area contributed by atoms with Crippen molar-refractivity contribution in [1.29, 1.82) is 0 Å². The highest BCUT2D eigenvalue weighted by Gasteiger charge is 2.36. The van der Waals surface area contributed by atoms with Crippen molar-refractivity contribution in [3.8, 4) is 21.7 Å². The number of pyridine rings is 1. The lowest BCUT2D eigenvalue weighted by atomic mass is 10.0. The number of carbonyl (C=O) groups excluding carboxylic acids is 1. The van der Waals surface area contributed by atoms with Crippen molar-refractivity contribution in [1.82, 2.24) is 25.9 Å². The van der Waals surface area contributed by atoms with Crippen LogP contribution in [0.3, 0.4) is 0 Å². The van der Waals surface area contributed by atoms with Crippen LogP contribution in [0, 0.1) is 11.8 Å². The summed E-state index contributed by atoms with van der Waals surface area (Å²) in [5.74, 6) is 1.69. The Labute approximate surface area is 230 Å².